The van der Waals surface area contributed by atoms with Crippen LogP contribution in [0.3, 0.4) is 0 Å². The third kappa shape index (κ3) is 9.24. The van der Waals surface area contributed by atoms with Gasteiger partial charge in [-0.1, -0.05) is 78.4 Å². The number of ether oxygens (including phenoxy) is 2. The maximum atomic E-state index is 13.3. The molecule has 0 aliphatic rings. The lowest BCUT2D eigenvalue weighted by molar-refractivity contribution is -0.145. The molecule has 0 aromatic heterocycles. The molecule has 0 radical (unpaired) electrons. The molecule has 0 fully saturated rings. The van der Waals surface area contributed by atoms with Gasteiger partial charge in [0.15, 0.2) is 0 Å². The molecule has 206 valence electrons. The number of benzene rings is 3. The second-order valence-corrected chi connectivity index (χ2v) is 10.5. The first-order chi connectivity index (χ1) is 18.7. The van der Waals surface area contributed by atoms with Crippen LogP contribution in [0.15, 0.2) is 89.8 Å². The van der Waals surface area contributed by atoms with Crippen molar-refractivity contribution in [2.24, 2.45) is 0 Å². The number of hydrogen-bond acceptors (Lipinski definition) is 7. The predicted octanol–water partition coefficient (Wildman–Crippen LogP) is 2.47. The summed E-state index contributed by atoms with van der Waals surface area (Å²) >= 11 is 0. The highest BCUT2D eigenvalue weighted by Gasteiger charge is 2.29. The van der Waals surface area contributed by atoms with Crippen LogP contribution in [0.5, 0.6) is 0 Å². The average molecular weight is 554 g/mol. The molecule has 3 rings (SSSR count). The maximum Gasteiger partial charge on any atom is 0.408 e. The summed E-state index contributed by atoms with van der Waals surface area (Å²) in [6.07, 6.45) is -0.736. The minimum atomic E-state index is -3.97. The van der Waals surface area contributed by atoms with E-state index in [-0.39, 0.29) is 17.9 Å². The van der Waals surface area contributed by atoms with E-state index in [0.29, 0.717) is 0 Å². The Hall–Kier alpha value is -4.22. The second kappa shape index (κ2) is 14.1. The summed E-state index contributed by atoms with van der Waals surface area (Å²) in [5.74, 6) is -1.58. The van der Waals surface area contributed by atoms with Gasteiger partial charge < -0.3 is 20.1 Å². The van der Waals surface area contributed by atoms with Gasteiger partial charge in [0, 0.05) is 13.0 Å². The molecule has 2 atom stereocenters. The lowest BCUT2D eigenvalue weighted by atomic mass is 10.0. The highest BCUT2D eigenvalue weighted by Crippen LogP contribution is 2.10. The molecule has 2 amide bonds. The number of amides is 2. The normalized spacial score (nSPS) is 12.6. The summed E-state index contributed by atoms with van der Waals surface area (Å²) < 4.78 is 37.8. The van der Waals surface area contributed by atoms with Crippen LogP contribution >= 0.6 is 0 Å². The van der Waals surface area contributed by atoms with Crippen LogP contribution in [-0.4, -0.2) is 52.1 Å². The number of esters is 1. The minimum Gasteiger partial charge on any atom is -0.467 e. The van der Waals surface area contributed by atoms with E-state index >= 15 is 0 Å². The zero-order chi connectivity index (χ0) is 28.3. The van der Waals surface area contributed by atoms with E-state index in [1.807, 2.05) is 31.2 Å². The monoisotopic (exact) mass is 553 g/mol. The van der Waals surface area contributed by atoms with Gasteiger partial charge in [-0.05, 0) is 30.2 Å². The van der Waals surface area contributed by atoms with Crippen LogP contribution in [0.25, 0.3) is 0 Å². The van der Waals surface area contributed by atoms with E-state index in [4.69, 9.17) is 9.47 Å². The summed E-state index contributed by atoms with van der Waals surface area (Å²) in [6, 6.07) is 21.7. The molecule has 0 aliphatic heterocycles. The lowest BCUT2D eigenvalue weighted by Crippen LogP contribution is -2.55. The standard InChI is InChI=1S/C28H31N3O7S/c1-20-13-15-23(16-14-20)39(35,36)29-18-25(27(33)37-2)30-26(32)24(17-21-9-5-3-6-10-21)31-28(34)38-19-22-11-7-4-8-12-22/h3-16,24-25,29H,17-19H2,1-2H3,(H,30,32)(H,31,34)/t24-,25+/m1/s1. The zero-order valence-corrected chi connectivity index (χ0v) is 22.4. The van der Waals surface area contributed by atoms with Gasteiger partial charge >= 0.3 is 12.1 Å². The summed E-state index contributed by atoms with van der Waals surface area (Å²) in [6.45, 7) is 1.35. The van der Waals surface area contributed by atoms with E-state index in [2.05, 4.69) is 15.4 Å². The molecule has 3 aromatic rings. The van der Waals surface area contributed by atoms with E-state index in [1.165, 1.54) is 12.1 Å². The SMILES string of the molecule is COC(=O)[C@H](CNS(=O)(=O)c1ccc(C)cc1)NC(=O)[C@@H](Cc1ccccc1)NC(=O)OCc1ccccc1. The Bertz CT molecular complexity index is 1350. The van der Waals surface area contributed by atoms with Gasteiger partial charge in [0.1, 0.15) is 18.7 Å². The number of methoxy groups -OCH3 is 1. The summed E-state index contributed by atoms with van der Waals surface area (Å²) in [7, 11) is -2.85. The molecule has 0 bridgehead atoms. The Labute approximate surface area is 227 Å². The molecule has 0 saturated heterocycles. The van der Waals surface area contributed by atoms with Crippen molar-refractivity contribution < 1.29 is 32.3 Å². The van der Waals surface area contributed by atoms with Crippen molar-refractivity contribution in [1.29, 1.82) is 0 Å². The third-order valence-electron chi connectivity index (χ3n) is 5.71. The fourth-order valence-corrected chi connectivity index (χ4v) is 4.61. The lowest BCUT2D eigenvalue weighted by Gasteiger charge is -2.22. The largest absolute Gasteiger partial charge is 0.467 e. The molecule has 11 heteroatoms. The number of sulfonamides is 1. The van der Waals surface area contributed by atoms with Crippen molar-refractivity contribution in [1.82, 2.24) is 15.4 Å². The zero-order valence-electron chi connectivity index (χ0n) is 21.6. The number of alkyl carbamates (subject to hydrolysis) is 1. The highest BCUT2D eigenvalue weighted by atomic mass is 32.2. The Morgan fingerprint density at radius 3 is 1.97 bits per heavy atom. The summed E-state index contributed by atoms with van der Waals surface area (Å²) in [4.78, 5) is 38.2. The number of hydrogen-bond donors (Lipinski definition) is 3. The Morgan fingerprint density at radius 2 is 1.38 bits per heavy atom. The van der Waals surface area contributed by atoms with Crippen LogP contribution in [0.1, 0.15) is 16.7 Å². The number of carbonyl (C=O) groups is 3. The summed E-state index contributed by atoms with van der Waals surface area (Å²) in [5.41, 5.74) is 2.40. The van der Waals surface area contributed by atoms with Gasteiger partial charge in [-0.25, -0.2) is 22.7 Å². The number of rotatable bonds is 12. The Kier molecular flexibility index (Phi) is 10.6. The molecule has 0 unspecified atom stereocenters. The number of carbonyl (C=O) groups excluding carboxylic acids is 3. The average Bonchev–Trinajstić information content (AvgIpc) is 2.94. The third-order valence-corrected chi connectivity index (χ3v) is 7.15. The topological polar surface area (TPSA) is 140 Å². The van der Waals surface area contributed by atoms with Crippen molar-refractivity contribution in [2.75, 3.05) is 13.7 Å². The van der Waals surface area contributed by atoms with Crippen molar-refractivity contribution in [2.45, 2.75) is 36.9 Å². The molecule has 3 N–H and O–H groups in total. The maximum absolute atomic E-state index is 13.3. The first-order valence-corrected chi connectivity index (χ1v) is 13.6. The molecule has 0 heterocycles. The van der Waals surface area contributed by atoms with Crippen molar-refractivity contribution in [3.05, 3.63) is 102 Å². The molecule has 39 heavy (non-hydrogen) atoms. The first-order valence-electron chi connectivity index (χ1n) is 12.1. The van der Waals surface area contributed by atoms with E-state index in [0.717, 1.165) is 23.8 Å². The fourth-order valence-electron chi connectivity index (χ4n) is 3.57. The summed E-state index contributed by atoms with van der Waals surface area (Å²) in [5, 5.41) is 5.03. The van der Waals surface area contributed by atoms with Crippen LogP contribution < -0.4 is 15.4 Å². The molecule has 10 nitrogen and oxygen atoms in total. The van der Waals surface area contributed by atoms with Crippen LogP contribution in [0.4, 0.5) is 4.79 Å². The van der Waals surface area contributed by atoms with Gasteiger partial charge in [-0.3, -0.25) is 4.79 Å². The van der Waals surface area contributed by atoms with Crippen LogP contribution in [0.2, 0.25) is 0 Å². The molecule has 3 aromatic carbocycles. The Balaban J connectivity index is 1.70. The number of aryl methyl sites for hydroxylation is 1. The van der Waals surface area contributed by atoms with Crippen molar-refractivity contribution >= 4 is 28.0 Å². The molecular formula is C28H31N3O7S. The van der Waals surface area contributed by atoms with Gasteiger partial charge in [-0.15, -0.1) is 0 Å². The molecule has 0 saturated carbocycles. The van der Waals surface area contributed by atoms with Crippen molar-refractivity contribution in [3.63, 3.8) is 0 Å². The van der Waals surface area contributed by atoms with Gasteiger partial charge in [0.2, 0.25) is 15.9 Å². The number of nitrogens with one attached hydrogen (secondary N) is 3. The minimum absolute atomic E-state index is 0.00206. The van der Waals surface area contributed by atoms with E-state index in [9.17, 15) is 22.8 Å². The molecule has 0 aliphatic carbocycles. The smallest absolute Gasteiger partial charge is 0.408 e. The second-order valence-electron chi connectivity index (χ2n) is 8.70. The fraction of sp³-hybridized carbons (Fsp3) is 0.250. The van der Waals surface area contributed by atoms with E-state index in [1.54, 1.807) is 48.5 Å². The van der Waals surface area contributed by atoms with Gasteiger partial charge in [0.25, 0.3) is 0 Å². The highest BCUT2D eigenvalue weighted by molar-refractivity contribution is 7.89. The Morgan fingerprint density at radius 1 is 0.795 bits per heavy atom. The molecular weight excluding hydrogens is 522 g/mol. The van der Waals surface area contributed by atoms with Crippen molar-refractivity contribution in [3.8, 4) is 0 Å². The quantitative estimate of drug-likeness (QED) is 0.293. The van der Waals surface area contributed by atoms with E-state index < -0.39 is 46.6 Å². The first kappa shape index (κ1) is 29.3. The van der Waals surface area contributed by atoms with Gasteiger partial charge in [-0.2, -0.15) is 0 Å². The predicted molar refractivity (Wildman–Crippen MR) is 144 cm³/mol. The van der Waals surface area contributed by atoms with Crippen LogP contribution in [0, 0.1) is 6.92 Å². The van der Waals surface area contributed by atoms with Gasteiger partial charge in [0.05, 0.1) is 12.0 Å². The van der Waals surface area contributed by atoms with Crippen LogP contribution in [-0.2, 0) is 42.1 Å². The molecule has 0 spiro atoms.